The monoisotopic (exact) mass is 265 g/mol. The van der Waals surface area contributed by atoms with Crippen molar-refractivity contribution in [2.24, 2.45) is 0 Å². The number of carbonyl (C=O) groups is 1. The van der Waals surface area contributed by atoms with Crippen LogP contribution in [0.5, 0.6) is 5.75 Å². The number of aromatic hydroxyl groups is 1. The number of phenols is 1. The number of para-hydroxylation sites is 2. The molecule has 0 bridgehead atoms. The van der Waals surface area contributed by atoms with Crippen LogP contribution in [-0.2, 0) is 11.3 Å². The van der Waals surface area contributed by atoms with Gasteiger partial charge in [-0.3, -0.25) is 9.48 Å². The summed E-state index contributed by atoms with van der Waals surface area (Å²) in [6, 6.07) is 6.58. The van der Waals surface area contributed by atoms with E-state index in [0.717, 1.165) is 0 Å². The Balaban J connectivity index is 1.88. The number of nitrogens with one attached hydrogen (secondary N) is 1. The van der Waals surface area contributed by atoms with Crippen LogP contribution in [0.4, 0.5) is 5.69 Å². The highest BCUT2D eigenvalue weighted by molar-refractivity contribution is 6.30. The number of phenolic OH excluding ortho intramolecular Hbond substituents is 1. The number of hydrogen-bond acceptors (Lipinski definition) is 3. The molecule has 0 atom stereocenters. The molecule has 2 aromatic rings. The Hall–Kier alpha value is -2.01. The SMILES string of the molecule is O=C(CCn1cc(Cl)cn1)Nc1ccccc1O. The Morgan fingerprint density at radius 3 is 2.89 bits per heavy atom. The number of anilines is 1. The maximum atomic E-state index is 11.6. The van der Waals surface area contributed by atoms with Gasteiger partial charge in [0, 0.05) is 19.2 Å². The topological polar surface area (TPSA) is 67.2 Å². The summed E-state index contributed by atoms with van der Waals surface area (Å²) in [6.45, 7) is 0.437. The van der Waals surface area contributed by atoms with E-state index >= 15 is 0 Å². The van der Waals surface area contributed by atoms with Gasteiger partial charge in [0.05, 0.1) is 16.9 Å². The zero-order valence-electron chi connectivity index (χ0n) is 9.51. The highest BCUT2D eigenvalue weighted by atomic mass is 35.5. The van der Waals surface area contributed by atoms with Crippen molar-refractivity contribution < 1.29 is 9.90 Å². The molecule has 0 fully saturated rings. The number of rotatable bonds is 4. The van der Waals surface area contributed by atoms with Gasteiger partial charge >= 0.3 is 0 Å². The number of amides is 1. The van der Waals surface area contributed by atoms with Crippen LogP contribution in [-0.4, -0.2) is 20.8 Å². The van der Waals surface area contributed by atoms with Gasteiger partial charge in [-0.25, -0.2) is 0 Å². The quantitative estimate of drug-likeness (QED) is 0.834. The highest BCUT2D eigenvalue weighted by Gasteiger charge is 2.06. The average molecular weight is 266 g/mol. The van der Waals surface area contributed by atoms with Crippen LogP contribution in [0, 0.1) is 0 Å². The van der Waals surface area contributed by atoms with Crippen molar-refractivity contribution in [2.45, 2.75) is 13.0 Å². The molecule has 0 spiro atoms. The molecule has 6 heteroatoms. The summed E-state index contributed by atoms with van der Waals surface area (Å²) in [4.78, 5) is 11.6. The number of carbonyl (C=O) groups excluding carboxylic acids is 1. The molecule has 0 aliphatic rings. The molecule has 0 aliphatic carbocycles. The van der Waals surface area contributed by atoms with Gasteiger partial charge in [-0.2, -0.15) is 5.10 Å². The van der Waals surface area contributed by atoms with Crippen LogP contribution < -0.4 is 5.32 Å². The zero-order valence-corrected chi connectivity index (χ0v) is 10.3. The highest BCUT2D eigenvalue weighted by Crippen LogP contribution is 2.21. The average Bonchev–Trinajstić information content (AvgIpc) is 2.76. The van der Waals surface area contributed by atoms with Gasteiger partial charge in [0.25, 0.3) is 0 Å². The molecule has 1 aromatic heterocycles. The molecule has 1 aromatic carbocycles. The fourth-order valence-electron chi connectivity index (χ4n) is 1.47. The van der Waals surface area contributed by atoms with E-state index in [1.165, 1.54) is 12.3 Å². The molecule has 2 N–H and O–H groups in total. The first-order valence-corrected chi connectivity index (χ1v) is 5.79. The van der Waals surface area contributed by atoms with E-state index in [9.17, 15) is 9.90 Å². The molecular formula is C12H12ClN3O2. The van der Waals surface area contributed by atoms with Crippen molar-refractivity contribution >= 4 is 23.2 Å². The lowest BCUT2D eigenvalue weighted by molar-refractivity contribution is -0.116. The summed E-state index contributed by atoms with van der Waals surface area (Å²) >= 11 is 5.71. The Morgan fingerprint density at radius 2 is 2.22 bits per heavy atom. The van der Waals surface area contributed by atoms with E-state index in [1.54, 1.807) is 29.1 Å². The number of benzene rings is 1. The predicted octanol–water partition coefficient (Wildman–Crippen LogP) is 2.27. The van der Waals surface area contributed by atoms with Gasteiger partial charge in [0.15, 0.2) is 0 Å². The van der Waals surface area contributed by atoms with Crippen LogP contribution in [0.2, 0.25) is 5.02 Å². The molecular weight excluding hydrogens is 254 g/mol. The van der Waals surface area contributed by atoms with Crippen molar-refractivity contribution in [3.63, 3.8) is 0 Å². The minimum absolute atomic E-state index is 0.0491. The molecule has 5 nitrogen and oxygen atoms in total. The number of hydrogen-bond donors (Lipinski definition) is 2. The van der Waals surface area contributed by atoms with Gasteiger partial charge in [0.1, 0.15) is 5.75 Å². The summed E-state index contributed by atoms with van der Waals surface area (Å²) < 4.78 is 1.59. The van der Waals surface area contributed by atoms with E-state index in [-0.39, 0.29) is 18.1 Å². The van der Waals surface area contributed by atoms with E-state index in [0.29, 0.717) is 17.3 Å². The van der Waals surface area contributed by atoms with Gasteiger partial charge in [0.2, 0.25) is 5.91 Å². The lowest BCUT2D eigenvalue weighted by atomic mass is 10.3. The first kappa shape index (κ1) is 12.4. The first-order valence-electron chi connectivity index (χ1n) is 5.41. The van der Waals surface area contributed by atoms with Crippen molar-refractivity contribution in [1.82, 2.24) is 9.78 Å². The molecule has 0 unspecified atom stereocenters. The van der Waals surface area contributed by atoms with Gasteiger partial charge in [-0.1, -0.05) is 23.7 Å². The predicted molar refractivity (Wildman–Crippen MR) is 68.6 cm³/mol. The van der Waals surface area contributed by atoms with Crippen LogP contribution >= 0.6 is 11.6 Å². The Bertz CT molecular complexity index is 554. The second-order valence-electron chi connectivity index (χ2n) is 3.74. The number of halogens is 1. The summed E-state index contributed by atoms with van der Waals surface area (Å²) in [7, 11) is 0. The molecule has 1 amide bonds. The molecule has 18 heavy (non-hydrogen) atoms. The van der Waals surface area contributed by atoms with Gasteiger partial charge in [-0.15, -0.1) is 0 Å². The number of aryl methyl sites for hydroxylation is 1. The Kier molecular flexibility index (Phi) is 3.84. The molecule has 94 valence electrons. The van der Waals surface area contributed by atoms with Crippen LogP contribution in [0.25, 0.3) is 0 Å². The second kappa shape index (κ2) is 5.55. The van der Waals surface area contributed by atoms with Crippen molar-refractivity contribution in [3.8, 4) is 5.75 Å². The van der Waals surface area contributed by atoms with Crippen LogP contribution in [0.1, 0.15) is 6.42 Å². The fraction of sp³-hybridized carbons (Fsp3) is 0.167. The molecule has 0 aliphatic heterocycles. The third-order valence-electron chi connectivity index (χ3n) is 2.35. The second-order valence-corrected chi connectivity index (χ2v) is 4.17. The standard InChI is InChI=1S/C12H12ClN3O2/c13-9-7-14-16(8-9)6-5-12(18)15-10-3-1-2-4-11(10)17/h1-4,7-8,17H,5-6H2,(H,15,18). The third kappa shape index (κ3) is 3.24. The minimum atomic E-state index is -0.192. The molecule has 2 rings (SSSR count). The summed E-state index contributed by atoms with van der Waals surface area (Å²) in [5.74, 6) is -0.142. The lowest BCUT2D eigenvalue weighted by Crippen LogP contribution is -2.14. The summed E-state index contributed by atoms with van der Waals surface area (Å²) in [5.41, 5.74) is 0.404. The van der Waals surface area contributed by atoms with Crippen LogP contribution in [0.3, 0.4) is 0 Å². The maximum absolute atomic E-state index is 11.6. The molecule has 0 saturated heterocycles. The Labute approximate surface area is 109 Å². The van der Waals surface area contributed by atoms with Crippen molar-refractivity contribution in [3.05, 3.63) is 41.7 Å². The maximum Gasteiger partial charge on any atom is 0.226 e. The Morgan fingerprint density at radius 1 is 1.44 bits per heavy atom. The zero-order chi connectivity index (χ0) is 13.0. The number of nitrogens with zero attached hydrogens (tertiary/aromatic N) is 2. The lowest BCUT2D eigenvalue weighted by Gasteiger charge is -2.06. The normalized spacial score (nSPS) is 10.3. The number of aromatic nitrogens is 2. The third-order valence-corrected chi connectivity index (χ3v) is 2.54. The van der Waals surface area contributed by atoms with E-state index in [4.69, 9.17) is 11.6 Å². The summed E-state index contributed by atoms with van der Waals surface area (Å²) in [6.07, 6.45) is 3.42. The van der Waals surface area contributed by atoms with Crippen molar-refractivity contribution in [1.29, 1.82) is 0 Å². The minimum Gasteiger partial charge on any atom is -0.506 e. The van der Waals surface area contributed by atoms with E-state index in [2.05, 4.69) is 10.4 Å². The molecule has 0 saturated carbocycles. The van der Waals surface area contributed by atoms with E-state index < -0.39 is 0 Å². The van der Waals surface area contributed by atoms with E-state index in [1.807, 2.05) is 0 Å². The van der Waals surface area contributed by atoms with Crippen LogP contribution in [0.15, 0.2) is 36.7 Å². The van der Waals surface area contributed by atoms with Gasteiger partial charge in [-0.05, 0) is 12.1 Å². The largest absolute Gasteiger partial charge is 0.506 e. The fourth-order valence-corrected chi connectivity index (χ4v) is 1.63. The molecule has 0 radical (unpaired) electrons. The van der Waals surface area contributed by atoms with Crippen molar-refractivity contribution in [2.75, 3.05) is 5.32 Å². The van der Waals surface area contributed by atoms with Gasteiger partial charge < -0.3 is 10.4 Å². The molecule has 1 heterocycles. The smallest absolute Gasteiger partial charge is 0.226 e. The summed E-state index contributed by atoms with van der Waals surface area (Å²) in [5, 5.41) is 16.6. The first-order chi connectivity index (χ1) is 8.65.